The van der Waals surface area contributed by atoms with E-state index in [9.17, 15) is 18.3 Å². The highest BCUT2D eigenvalue weighted by molar-refractivity contribution is 5.59. The van der Waals surface area contributed by atoms with Gasteiger partial charge in [-0.3, -0.25) is 4.98 Å². The van der Waals surface area contributed by atoms with Gasteiger partial charge >= 0.3 is 6.18 Å². The number of aromatic nitrogens is 1. The van der Waals surface area contributed by atoms with Gasteiger partial charge in [-0.15, -0.1) is 0 Å². The molecule has 1 atom stereocenters. The second-order valence-electron chi connectivity index (χ2n) is 4.23. The number of nitrogens with zero attached hydrogens (tertiary/aromatic N) is 1. The largest absolute Gasteiger partial charge is 0.416 e. The zero-order valence-electron chi connectivity index (χ0n) is 10.1. The van der Waals surface area contributed by atoms with E-state index in [0.29, 0.717) is 16.8 Å². The van der Waals surface area contributed by atoms with Crippen molar-refractivity contribution in [3.8, 4) is 11.3 Å². The third-order valence-electron chi connectivity index (χ3n) is 2.78. The summed E-state index contributed by atoms with van der Waals surface area (Å²) >= 11 is 0. The molecule has 1 heterocycles. The summed E-state index contributed by atoms with van der Waals surface area (Å²) in [6.07, 6.45) is -3.44. The average Bonchev–Trinajstić information content (AvgIpc) is 2.38. The van der Waals surface area contributed by atoms with E-state index in [2.05, 4.69) is 4.98 Å². The highest BCUT2D eigenvalue weighted by Gasteiger charge is 2.29. The Morgan fingerprint density at radius 2 is 1.68 bits per heavy atom. The minimum Gasteiger partial charge on any atom is -0.389 e. The molecule has 19 heavy (non-hydrogen) atoms. The van der Waals surface area contributed by atoms with Crippen LogP contribution in [-0.4, -0.2) is 10.1 Å². The Kier molecular flexibility index (Phi) is 3.57. The molecule has 1 aromatic carbocycles. The van der Waals surface area contributed by atoms with Gasteiger partial charge in [0.05, 0.1) is 17.4 Å². The lowest BCUT2D eigenvalue weighted by Crippen LogP contribution is -2.04. The fraction of sp³-hybridized carbons (Fsp3) is 0.214. The van der Waals surface area contributed by atoms with E-state index < -0.39 is 17.8 Å². The number of pyridine rings is 1. The van der Waals surface area contributed by atoms with Crippen LogP contribution in [0.25, 0.3) is 11.3 Å². The third kappa shape index (κ3) is 3.12. The number of halogens is 3. The topological polar surface area (TPSA) is 33.1 Å². The molecule has 0 unspecified atom stereocenters. The monoisotopic (exact) mass is 267 g/mol. The van der Waals surface area contributed by atoms with Gasteiger partial charge in [-0.25, -0.2) is 0 Å². The number of aliphatic hydroxyl groups excluding tert-OH is 1. The zero-order chi connectivity index (χ0) is 14.0. The fourth-order valence-electron chi connectivity index (χ4n) is 1.65. The van der Waals surface area contributed by atoms with Crippen LogP contribution in [0.5, 0.6) is 0 Å². The molecular weight excluding hydrogens is 255 g/mol. The van der Waals surface area contributed by atoms with E-state index in [0.717, 1.165) is 12.1 Å². The highest BCUT2D eigenvalue weighted by atomic mass is 19.4. The van der Waals surface area contributed by atoms with Gasteiger partial charge in [-0.2, -0.15) is 13.2 Å². The van der Waals surface area contributed by atoms with E-state index in [1.807, 2.05) is 0 Å². The first-order chi connectivity index (χ1) is 8.88. The minimum absolute atomic E-state index is 0.568. The molecule has 1 N–H and O–H groups in total. The summed E-state index contributed by atoms with van der Waals surface area (Å²) < 4.78 is 37.3. The van der Waals surface area contributed by atoms with Crippen LogP contribution in [0.4, 0.5) is 13.2 Å². The molecule has 0 aliphatic heterocycles. The number of rotatable bonds is 2. The molecule has 0 aliphatic carbocycles. The van der Waals surface area contributed by atoms with Crippen molar-refractivity contribution in [1.82, 2.24) is 4.98 Å². The summed E-state index contributed by atoms with van der Waals surface area (Å²) in [5, 5.41) is 9.35. The van der Waals surface area contributed by atoms with Crippen LogP contribution < -0.4 is 0 Å². The van der Waals surface area contributed by atoms with Crippen LogP contribution >= 0.6 is 0 Å². The van der Waals surface area contributed by atoms with Gasteiger partial charge in [0.1, 0.15) is 0 Å². The summed E-state index contributed by atoms with van der Waals surface area (Å²) in [6.45, 7) is 1.62. The summed E-state index contributed by atoms with van der Waals surface area (Å²) in [4.78, 5) is 4.12. The molecule has 100 valence electrons. The van der Waals surface area contributed by atoms with Crippen LogP contribution in [0.3, 0.4) is 0 Å². The minimum atomic E-state index is -4.33. The highest BCUT2D eigenvalue weighted by Crippen LogP contribution is 2.30. The lowest BCUT2D eigenvalue weighted by molar-refractivity contribution is -0.137. The van der Waals surface area contributed by atoms with Crippen molar-refractivity contribution >= 4 is 0 Å². The molecule has 0 radical (unpaired) electrons. The van der Waals surface area contributed by atoms with Crippen molar-refractivity contribution in [3.63, 3.8) is 0 Å². The molecule has 1 aromatic heterocycles. The Hall–Kier alpha value is -1.88. The lowest BCUT2D eigenvalue weighted by atomic mass is 10.1. The van der Waals surface area contributed by atoms with E-state index in [4.69, 9.17) is 0 Å². The van der Waals surface area contributed by atoms with Crippen LogP contribution in [-0.2, 0) is 6.18 Å². The Labute approximate surface area is 108 Å². The molecule has 0 bridgehead atoms. The maximum atomic E-state index is 12.4. The van der Waals surface area contributed by atoms with Gasteiger partial charge in [0.25, 0.3) is 0 Å². The number of hydrogen-bond donors (Lipinski definition) is 1. The SMILES string of the molecule is C[C@@H](O)c1ccc(-c2ccc(C(F)(F)F)cc2)nc1. The van der Waals surface area contributed by atoms with Gasteiger partial charge in [0, 0.05) is 11.8 Å². The van der Waals surface area contributed by atoms with E-state index >= 15 is 0 Å². The first-order valence-electron chi connectivity index (χ1n) is 5.69. The van der Waals surface area contributed by atoms with Crippen molar-refractivity contribution < 1.29 is 18.3 Å². The van der Waals surface area contributed by atoms with Gasteiger partial charge in [-0.1, -0.05) is 18.2 Å². The van der Waals surface area contributed by atoms with Crippen LogP contribution in [0.2, 0.25) is 0 Å². The van der Waals surface area contributed by atoms with Crippen LogP contribution in [0, 0.1) is 0 Å². The van der Waals surface area contributed by atoms with E-state index in [1.165, 1.54) is 18.3 Å². The lowest BCUT2D eigenvalue weighted by Gasteiger charge is -2.08. The number of benzene rings is 1. The normalized spacial score (nSPS) is 13.3. The third-order valence-corrected chi connectivity index (χ3v) is 2.78. The molecule has 0 saturated carbocycles. The van der Waals surface area contributed by atoms with E-state index in [-0.39, 0.29) is 0 Å². The fourth-order valence-corrected chi connectivity index (χ4v) is 1.65. The standard InChI is InChI=1S/C14H12F3NO/c1-9(19)11-4-7-13(18-8-11)10-2-5-12(6-3-10)14(15,16)17/h2-9,19H,1H3/t9-/m1/s1. The quantitative estimate of drug-likeness (QED) is 0.897. The summed E-state index contributed by atoms with van der Waals surface area (Å²) in [7, 11) is 0. The van der Waals surface area contributed by atoms with Gasteiger partial charge in [0.2, 0.25) is 0 Å². The van der Waals surface area contributed by atoms with Crippen molar-refractivity contribution in [1.29, 1.82) is 0 Å². The van der Waals surface area contributed by atoms with E-state index in [1.54, 1.807) is 19.1 Å². The molecule has 2 aromatic rings. The molecule has 5 heteroatoms. The van der Waals surface area contributed by atoms with Crippen molar-refractivity contribution in [2.75, 3.05) is 0 Å². The predicted molar refractivity (Wildman–Crippen MR) is 65.3 cm³/mol. The molecule has 0 fully saturated rings. The van der Waals surface area contributed by atoms with Gasteiger partial charge in [-0.05, 0) is 30.7 Å². The number of alkyl halides is 3. The smallest absolute Gasteiger partial charge is 0.389 e. The summed E-state index contributed by atoms with van der Waals surface area (Å²) in [5.74, 6) is 0. The van der Waals surface area contributed by atoms with Crippen molar-refractivity contribution in [2.45, 2.75) is 19.2 Å². The number of aliphatic hydroxyl groups is 1. The maximum absolute atomic E-state index is 12.4. The zero-order valence-corrected chi connectivity index (χ0v) is 10.1. The first-order valence-corrected chi connectivity index (χ1v) is 5.69. The first kappa shape index (κ1) is 13.5. The van der Waals surface area contributed by atoms with Gasteiger partial charge < -0.3 is 5.11 Å². The maximum Gasteiger partial charge on any atom is 0.416 e. The molecule has 0 aliphatic rings. The van der Waals surface area contributed by atoms with Crippen molar-refractivity contribution in [3.05, 3.63) is 53.7 Å². The molecular formula is C14H12F3NO. The summed E-state index contributed by atoms with van der Waals surface area (Å²) in [6, 6.07) is 8.19. The molecule has 0 spiro atoms. The molecule has 2 rings (SSSR count). The van der Waals surface area contributed by atoms with Crippen LogP contribution in [0.1, 0.15) is 24.2 Å². The Bertz CT molecular complexity index is 544. The van der Waals surface area contributed by atoms with Gasteiger partial charge in [0.15, 0.2) is 0 Å². The Morgan fingerprint density at radius 1 is 1.05 bits per heavy atom. The Morgan fingerprint density at radius 3 is 2.11 bits per heavy atom. The molecule has 0 saturated heterocycles. The second-order valence-corrected chi connectivity index (χ2v) is 4.23. The predicted octanol–water partition coefficient (Wildman–Crippen LogP) is 3.82. The molecule has 2 nitrogen and oxygen atoms in total. The van der Waals surface area contributed by atoms with Crippen LogP contribution in [0.15, 0.2) is 42.6 Å². The summed E-state index contributed by atoms with van der Waals surface area (Å²) in [5.41, 5.74) is 1.15. The number of hydrogen-bond acceptors (Lipinski definition) is 2. The Balaban J connectivity index is 2.27. The molecule has 0 amide bonds. The second kappa shape index (κ2) is 5.01. The van der Waals surface area contributed by atoms with Crippen molar-refractivity contribution in [2.24, 2.45) is 0 Å². The average molecular weight is 267 g/mol.